The average molecular weight is 813 g/mol. The Balaban J connectivity index is 0.000000169. The molecule has 300 valence electrons. The van der Waals surface area contributed by atoms with Gasteiger partial charge in [-0.15, -0.1) is 0 Å². The maximum absolute atomic E-state index is 13.4. The van der Waals surface area contributed by atoms with Gasteiger partial charge in [0, 0.05) is 23.5 Å². The van der Waals surface area contributed by atoms with Gasteiger partial charge in [-0.3, -0.25) is 9.78 Å². The number of rotatable bonds is 5. The van der Waals surface area contributed by atoms with Crippen molar-refractivity contribution < 1.29 is 41.0 Å². The summed E-state index contributed by atoms with van der Waals surface area (Å²) in [5.74, 6) is -0.965. The van der Waals surface area contributed by atoms with Gasteiger partial charge in [-0.25, -0.2) is 19.7 Å². The number of amides is 1. The molecule has 8 aromatic rings. The number of nitrogens with zero attached hydrogens (tertiary/aromatic N) is 8. The van der Waals surface area contributed by atoms with Crippen molar-refractivity contribution in [1.82, 2.24) is 39.2 Å². The highest BCUT2D eigenvalue weighted by molar-refractivity contribution is 6.02. The van der Waals surface area contributed by atoms with E-state index in [-0.39, 0.29) is 45.5 Å². The van der Waals surface area contributed by atoms with E-state index in [1.165, 1.54) is 76.3 Å². The third-order valence-corrected chi connectivity index (χ3v) is 8.37. The van der Waals surface area contributed by atoms with Crippen LogP contribution in [-0.2, 0) is 12.4 Å². The number of carboxylic acid groups (broad SMARTS) is 1. The topological polar surface area (TPSA) is 179 Å². The maximum atomic E-state index is 13.4. The van der Waals surface area contributed by atoms with Crippen molar-refractivity contribution in [3.8, 4) is 22.5 Å². The molecule has 4 N–H and O–H groups in total. The number of aromatic carboxylic acids is 1. The van der Waals surface area contributed by atoms with Gasteiger partial charge in [0.25, 0.3) is 5.91 Å². The van der Waals surface area contributed by atoms with Crippen LogP contribution in [0.3, 0.4) is 0 Å². The summed E-state index contributed by atoms with van der Waals surface area (Å²) < 4.78 is 82.2. The number of alkyl halides is 6. The predicted molar refractivity (Wildman–Crippen MR) is 204 cm³/mol. The van der Waals surface area contributed by atoms with Gasteiger partial charge in [-0.1, -0.05) is 48.5 Å². The van der Waals surface area contributed by atoms with Crippen LogP contribution in [0.1, 0.15) is 43.2 Å². The van der Waals surface area contributed by atoms with Gasteiger partial charge in [0.05, 0.1) is 34.9 Å². The number of hydrogen-bond donors (Lipinski definition) is 3. The largest absolute Gasteiger partial charge is 0.477 e. The quantitative estimate of drug-likeness (QED) is 0.143. The molecule has 59 heavy (non-hydrogen) atoms. The number of imidazole rings is 2. The normalized spacial score (nSPS) is 11.3. The zero-order chi connectivity index (χ0) is 42.5. The number of pyridine rings is 2. The monoisotopic (exact) mass is 812 g/mol. The highest BCUT2D eigenvalue weighted by atomic mass is 19.4. The number of hydrogen-bond acceptors (Lipinski definition) is 9. The summed E-state index contributed by atoms with van der Waals surface area (Å²) in [5, 5.41) is 19.4. The van der Waals surface area contributed by atoms with Crippen LogP contribution >= 0.6 is 0 Å². The van der Waals surface area contributed by atoms with Gasteiger partial charge in [0.2, 0.25) is 0 Å². The molecule has 1 amide bonds. The Bertz CT molecular complexity index is 2770. The minimum atomic E-state index is -4.52. The molecule has 0 radical (unpaired) electrons. The molecule has 0 bridgehead atoms. The first kappa shape index (κ1) is 40.9. The van der Waals surface area contributed by atoms with Crippen molar-refractivity contribution in [2.75, 3.05) is 11.1 Å². The summed E-state index contributed by atoms with van der Waals surface area (Å²) in [6.45, 7) is 3.47. The van der Waals surface area contributed by atoms with Crippen molar-refractivity contribution in [3.63, 3.8) is 0 Å². The van der Waals surface area contributed by atoms with Gasteiger partial charge in [0.15, 0.2) is 17.1 Å². The van der Waals surface area contributed by atoms with E-state index >= 15 is 0 Å². The highest BCUT2D eigenvalue weighted by Crippen LogP contribution is 2.38. The molecule has 0 saturated heterocycles. The summed E-state index contributed by atoms with van der Waals surface area (Å²) >= 11 is 0. The Hall–Kier alpha value is -7.70. The molecular weight excluding hydrogens is 782 g/mol. The lowest BCUT2D eigenvalue weighted by Gasteiger charge is -2.13. The minimum absolute atomic E-state index is 0.0168. The number of nitrogen functional groups attached to an aromatic ring is 1. The number of carboxylic acids is 1. The number of halogens is 6. The predicted octanol–water partition coefficient (Wildman–Crippen LogP) is 8.46. The number of carbonyl (C=O) groups excluding carboxylic acids is 1. The number of benzene rings is 2. The Morgan fingerprint density at radius 3 is 1.56 bits per heavy atom. The van der Waals surface area contributed by atoms with E-state index in [9.17, 15) is 35.9 Å². The summed E-state index contributed by atoms with van der Waals surface area (Å²) in [7, 11) is 0. The molecule has 0 aliphatic heterocycles. The van der Waals surface area contributed by atoms with Crippen molar-refractivity contribution >= 4 is 34.8 Å². The molecule has 8 rings (SSSR count). The summed E-state index contributed by atoms with van der Waals surface area (Å²) in [5.41, 5.74) is 7.05. The van der Waals surface area contributed by atoms with Gasteiger partial charge >= 0.3 is 18.3 Å². The number of fused-ring (bicyclic) bond motifs is 2. The Morgan fingerprint density at radius 1 is 0.627 bits per heavy atom. The third kappa shape index (κ3) is 9.30. The van der Waals surface area contributed by atoms with Gasteiger partial charge in [-0.2, -0.15) is 45.6 Å². The van der Waals surface area contributed by atoms with E-state index in [1.807, 2.05) is 0 Å². The van der Waals surface area contributed by atoms with E-state index in [0.717, 1.165) is 12.1 Å². The van der Waals surface area contributed by atoms with E-state index < -0.39 is 35.4 Å². The number of nitrogens with one attached hydrogen (secondary N) is 1. The van der Waals surface area contributed by atoms with E-state index in [1.54, 1.807) is 56.3 Å². The fraction of sp³-hybridized carbons (Fsp3) is 0.100. The van der Waals surface area contributed by atoms with Crippen LogP contribution in [0.5, 0.6) is 0 Å². The number of carbonyl (C=O) groups is 2. The zero-order valence-electron chi connectivity index (χ0n) is 30.7. The standard InChI is InChI=1S/C20H14F3N5O.C14H11F3N4.C6H5NO2/c1-12-10-16(13-6-2-3-7-14(13)20(21,22)23)27-28-17(11-25-18(12)28)26-19(29)15-8-4-5-9-24-15;1-8-6-11(20-21-12(18)7-19-13(8)21)9-4-2-3-5-10(9)14(15,16)17;8-6(9)5-3-1-2-4-7-5/h2-11H,1H3,(H,26,29);2-7H,18H2,1H3;1-4H,(H,8,9). The lowest BCUT2D eigenvalue weighted by atomic mass is 10.0. The van der Waals surface area contributed by atoms with Gasteiger partial charge < -0.3 is 16.2 Å². The third-order valence-electron chi connectivity index (χ3n) is 8.37. The lowest BCUT2D eigenvalue weighted by molar-refractivity contribution is -0.137. The molecule has 0 atom stereocenters. The zero-order valence-corrected chi connectivity index (χ0v) is 30.7. The van der Waals surface area contributed by atoms with Crippen LogP contribution in [0.25, 0.3) is 33.8 Å². The minimum Gasteiger partial charge on any atom is -0.477 e. The smallest absolute Gasteiger partial charge is 0.417 e. The molecule has 6 aromatic heterocycles. The number of nitrogens with two attached hydrogens (primary N) is 1. The molecule has 0 aliphatic carbocycles. The second kappa shape index (κ2) is 16.8. The van der Waals surface area contributed by atoms with Crippen LogP contribution in [0.15, 0.2) is 122 Å². The van der Waals surface area contributed by atoms with Crippen molar-refractivity contribution in [2.45, 2.75) is 26.2 Å². The first-order valence-corrected chi connectivity index (χ1v) is 17.2. The fourth-order valence-electron chi connectivity index (χ4n) is 5.68. The Morgan fingerprint density at radius 2 is 1.08 bits per heavy atom. The average Bonchev–Trinajstić information content (AvgIpc) is 3.81. The van der Waals surface area contributed by atoms with Crippen LogP contribution in [0, 0.1) is 13.8 Å². The van der Waals surface area contributed by atoms with E-state index in [0.29, 0.717) is 22.4 Å². The van der Waals surface area contributed by atoms with Crippen LogP contribution in [0.4, 0.5) is 38.0 Å². The number of anilines is 2. The molecule has 0 unspecified atom stereocenters. The van der Waals surface area contributed by atoms with E-state index in [2.05, 4.69) is 35.5 Å². The second-order valence-corrected chi connectivity index (χ2v) is 12.5. The molecule has 19 heteroatoms. The molecule has 13 nitrogen and oxygen atoms in total. The van der Waals surface area contributed by atoms with Crippen molar-refractivity contribution in [3.05, 3.63) is 155 Å². The van der Waals surface area contributed by atoms with E-state index in [4.69, 9.17) is 10.8 Å². The van der Waals surface area contributed by atoms with Crippen LogP contribution in [0.2, 0.25) is 0 Å². The second-order valence-electron chi connectivity index (χ2n) is 12.5. The summed E-state index contributed by atoms with van der Waals surface area (Å²) in [4.78, 5) is 38.4. The number of aryl methyl sites for hydroxylation is 2. The maximum Gasteiger partial charge on any atom is 0.417 e. The van der Waals surface area contributed by atoms with Crippen LogP contribution in [-0.4, -0.2) is 56.1 Å². The first-order chi connectivity index (χ1) is 28.0. The molecule has 0 saturated carbocycles. The fourth-order valence-corrected chi connectivity index (χ4v) is 5.68. The molecule has 2 aromatic carbocycles. The summed E-state index contributed by atoms with van der Waals surface area (Å²) in [6, 6.07) is 23.3. The molecule has 0 aliphatic rings. The Labute approximate surface area is 329 Å². The Kier molecular flexibility index (Phi) is 11.7. The summed E-state index contributed by atoms with van der Waals surface area (Å²) in [6.07, 6.45) is -3.21. The molecule has 6 heterocycles. The highest BCUT2D eigenvalue weighted by Gasteiger charge is 2.35. The van der Waals surface area contributed by atoms with Gasteiger partial charge in [-0.05, 0) is 73.5 Å². The van der Waals surface area contributed by atoms with Crippen LogP contribution < -0.4 is 11.1 Å². The molecule has 0 spiro atoms. The molecule has 0 fully saturated rings. The van der Waals surface area contributed by atoms with Crippen molar-refractivity contribution in [2.24, 2.45) is 0 Å². The van der Waals surface area contributed by atoms with Gasteiger partial charge in [0.1, 0.15) is 17.2 Å². The first-order valence-electron chi connectivity index (χ1n) is 17.2. The molecular formula is C40H30F6N10O3. The van der Waals surface area contributed by atoms with Crippen molar-refractivity contribution in [1.29, 1.82) is 0 Å². The lowest BCUT2D eigenvalue weighted by Crippen LogP contribution is -2.15. The number of aromatic nitrogens is 8. The SMILES string of the molecule is Cc1cc(-c2ccccc2C(F)(F)F)nn2c(N)cnc12.Cc1cc(-c2ccccc2C(F)(F)F)nn2c(NC(=O)c3ccccn3)cnc12.O=C(O)c1ccccn1.